The van der Waals surface area contributed by atoms with E-state index in [1.807, 2.05) is 35.0 Å². The van der Waals surface area contributed by atoms with E-state index in [9.17, 15) is 14.4 Å². The Morgan fingerprint density at radius 2 is 1.81 bits per heavy atom. The molecule has 0 atom stereocenters. The zero-order chi connectivity index (χ0) is 22.3. The van der Waals surface area contributed by atoms with Crippen LogP contribution in [0.15, 0.2) is 30.3 Å². The van der Waals surface area contributed by atoms with Crippen molar-refractivity contribution in [3.05, 3.63) is 47.3 Å². The van der Waals surface area contributed by atoms with Crippen LogP contribution in [-0.2, 0) is 29.0 Å². The SMILES string of the molecule is CN1C(=O)N(CC(=O)NCc2nn(-c3ccccc3)c3c2CCC3)C(=O)C12CCCCC2. The third kappa shape index (κ3) is 3.29. The first kappa shape index (κ1) is 20.7. The van der Waals surface area contributed by atoms with E-state index >= 15 is 0 Å². The van der Waals surface area contributed by atoms with Crippen LogP contribution < -0.4 is 5.32 Å². The van der Waals surface area contributed by atoms with Crippen molar-refractivity contribution in [2.45, 2.75) is 63.5 Å². The number of imide groups is 1. The number of fused-ring (bicyclic) bond motifs is 1. The van der Waals surface area contributed by atoms with Gasteiger partial charge in [-0.3, -0.25) is 14.5 Å². The molecule has 0 bridgehead atoms. The third-order valence-corrected chi connectivity index (χ3v) is 7.25. The normalized spacial score (nSPS) is 19.7. The van der Waals surface area contributed by atoms with E-state index in [4.69, 9.17) is 5.10 Å². The molecule has 1 saturated carbocycles. The second-order valence-corrected chi connectivity index (χ2v) is 9.07. The van der Waals surface area contributed by atoms with Gasteiger partial charge in [0.05, 0.1) is 17.9 Å². The Labute approximate surface area is 187 Å². The predicted octanol–water partition coefficient (Wildman–Crippen LogP) is 2.57. The number of rotatable bonds is 5. The number of benzene rings is 1. The highest BCUT2D eigenvalue weighted by Crippen LogP contribution is 2.39. The van der Waals surface area contributed by atoms with Gasteiger partial charge in [-0.15, -0.1) is 0 Å². The molecule has 2 aliphatic carbocycles. The lowest BCUT2D eigenvalue weighted by molar-refractivity contribution is -0.137. The van der Waals surface area contributed by atoms with E-state index in [-0.39, 0.29) is 30.9 Å². The van der Waals surface area contributed by atoms with Crippen LogP contribution in [0.2, 0.25) is 0 Å². The highest BCUT2D eigenvalue weighted by atomic mass is 16.2. The molecule has 0 radical (unpaired) electrons. The fourth-order valence-electron chi connectivity index (χ4n) is 5.49. The van der Waals surface area contributed by atoms with Crippen molar-refractivity contribution < 1.29 is 14.4 Å². The minimum atomic E-state index is -0.759. The number of nitrogens with one attached hydrogen (secondary N) is 1. The number of aromatic nitrogens is 2. The van der Waals surface area contributed by atoms with Gasteiger partial charge in [0.2, 0.25) is 5.91 Å². The van der Waals surface area contributed by atoms with E-state index in [0.29, 0.717) is 12.8 Å². The lowest BCUT2D eigenvalue weighted by Gasteiger charge is -2.35. The summed E-state index contributed by atoms with van der Waals surface area (Å²) in [4.78, 5) is 41.2. The predicted molar refractivity (Wildman–Crippen MR) is 118 cm³/mol. The number of hydrogen-bond acceptors (Lipinski definition) is 4. The number of hydrogen-bond donors (Lipinski definition) is 1. The van der Waals surface area contributed by atoms with Crippen LogP contribution in [0.25, 0.3) is 5.69 Å². The Hall–Kier alpha value is -3.16. The van der Waals surface area contributed by atoms with Gasteiger partial charge in [0.1, 0.15) is 12.1 Å². The van der Waals surface area contributed by atoms with Crippen molar-refractivity contribution in [3.8, 4) is 5.69 Å². The third-order valence-electron chi connectivity index (χ3n) is 7.25. The van der Waals surface area contributed by atoms with Crippen molar-refractivity contribution in [2.24, 2.45) is 0 Å². The zero-order valence-corrected chi connectivity index (χ0v) is 18.5. The van der Waals surface area contributed by atoms with E-state index in [1.54, 1.807) is 11.9 Å². The number of likely N-dealkylation sites (N-methyl/N-ethyl adjacent to an activating group) is 1. The fraction of sp³-hybridized carbons (Fsp3) is 0.500. The summed E-state index contributed by atoms with van der Waals surface area (Å²) in [6.07, 6.45) is 7.28. The molecule has 1 aliphatic heterocycles. The van der Waals surface area contributed by atoms with Crippen molar-refractivity contribution >= 4 is 17.8 Å². The minimum Gasteiger partial charge on any atom is -0.349 e. The second kappa shape index (κ2) is 8.07. The fourth-order valence-corrected chi connectivity index (χ4v) is 5.49. The molecule has 2 fully saturated rings. The molecule has 1 spiro atoms. The van der Waals surface area contributed by atoms with Crippen LogP contribution in [0.4, 0.5) is 4.79 Å². The maximum atomic E-state index is 13.1. The molecule has 8 heteroatoms. The molecule has 1 saturated heterocycles. The number of urea groups is 1. The Bertz CT molecular complexity index is 1060. The quantitative estimate of drug-likeness (QED) is 0.732. The number of amides is 4. The molecule has 1 N–H and O–H groups in total. The zero-order valence-electron chi connectivity index (χ0n) is 18.5. The maximum Gasteiger partial charge on any atom is 0.327 e. The van der Waals surface area contributed by atoms with Crippen LogP contribution in [0.1, 0.15) is 55.5 Å². The second-order valence-electron chi connectivity index (χ2n) is 9.07. The Morgan fingerprint density at radius 3 is 2.56 bits per heavy atom. The van der Waals surface area contributed by atoms with Crippen molar-refractivity contribution in [3.63, 3.8) is 0 Å². The summed E-state index contributed by atoms with van der Waals surface area (Å²) in [6.45, 7) is 0.0452. The highest BCUT2D eigenvalue weighted by Gasteiger charge is 2.55. The summed E-state index contributed by atoms with van der Waals surface area (Å²) >= 11 is 0. The van der Waals surface area contributed by atoms with E-state index in [0.717, 1.165) is 54.8 Å². The summed E-state index contributed by atoms with van der Waals surface area (Å²) < 4.78 is 1.97. The monoisotopic (exact) mass is 435 g/mol. The molecule has 168 valence electrons. The molecule has 4 amide bonds. The molecule has 2 heterocycles. The lowest BCUT2D eigenvalue weighted by Crippen LogP contribution is -2.49. The molecule has 1 aromatic carbocycles. The summed E-state index contributed by atoms with van der Waals surface area (Å²) in [5, 5.41) is 7.65. The van der Waals surface area contributed by atoms with Crippen LogP contribution >= 0.6 is 0 Å². The van der Waals surface area contributed by atoms with Crippen LogP contribution in [0.5, 0.6) is 0 Å². The Morgan fingerprint density at radius 1 is 1.06 bits per heavy atom. The van der Waals surface area contributed by atoms with Gasteiger partial charge in [-0.05, 0) is 49.8 Å². The molecule has 5 rings (SSSR count). The first-order valence-corrected chi connectivity index (χ1v) is 11.5. The van der Waals surface area contributed by atoms with Gasteiger partial charge in [-0.25, -0.2) is 9.48 Å². The Balaban J connectivity index is 1.27. The maximum absolute atomic E-state index is 13.1. The number of nitrogens with zero attached hydrogens (tertiary/aromatic N) is 4. The molecular formula is C24H29N5O3. The first-order valence-electron chi connectivity index (χ1n) is 11.5. The smallest absolute Gasteiger partial charge is 0.327 e. The summed E-state index contributed by atoms with van der Waals surface area (Å²) in [6, 6.07) is 9.62. The summed E-state index contributed by atoms with van der Waals surface area (Å²) in [5.41, 5.74) is 3.51. The average molecular weight is 436 g/mol. The number of carbonyl (C=O) groups is 3. The van der Waals surface area contributed by atoms with Crippen LogP contribution in [0, 0.1) is 0 Å². The summed E-state index contributed by atoms with van der Waals surface area (Å²) in [7, 11) is 1.68. The van der Waals surface area contributed by atoms with E-state index in [2.05, 4.69) is 5.32 Å². The molecule has 0 unspecified atom stereocenters. The average Bonchev–Trinajstić information content (AvgIpc) is 3.47. The molecular weight excluding hydrogens is 406 g/mol. The van der Waals surface area contributed by atoms with Gasteiger partial charge in [-0.2, -0.15) is 5.10 Å². The number of para-hydroxylation sites is 1. The topological polar surface area (TPSA) is 87.5 Å². The first-order chi connectivity index (χ1) is 15.5. The van der Waals surface area contributed by atoms with Crippen molar-refractivity contribution in [2.75, 3.05) is 13.6 Å². The van der Waals surface area contributed by atoms with E-state index < -0.39 is 5.54 Å². The Kier molecular flexibility index (Phi) is 5.23. The van der Waals surface area contributed by atoms with Gasteiger partial charge < -0.3 is 10.2 Å². The van der Waals surface area contributed by atoms with Gasteiger partial charge in [0.15, 0.2) is 0 Å². The minimum absolute atomic E-state index is 0.228. The van der Waals surface area contributed by atoms with Crippen LogP contribution in [0.3, 0.4) is 0 Å². The molecule has 2 aromatic rings. The standard InChI is InChI=1S/C24H29N5O3/c1-27-23(32)28(22(31)24(27)13-6-3-7-14-24)16-21(30)25-15-19-18-11-8-12-20(18)29(26-19)17-9-4-2-5-10-17/h2,4-5,9-10H,3,6-8,11-16H2,1H3,(H,25,30). The van der Waals surface area contributed by atoms with Crippen molar-refractivity contribution in [1.29, 1.82) is 0 Å². The van der Waals surface area contributed by atoms with Gasteiger partial charge in [0, 0.05) is 12.7 Å². The molecule has 1 aromatic heterocycles. The number of carbonyl (C=O) groups excluding carboxylic acids is 3. The summed E-state index contributed by atoms with van der Waals surface area (Å²) in [5.74, 6) is -0.567. The van der Waals surface area contributed by atoms with Crippen molar-refractivity contribution in [1.82, 2.24) is 24.9 Å². The van der Waals surface area contributed by atoms with Crippen LogP contribution in [-0.4, -0.2) is 56.6 Å². The molecule has 3 aliphatic rings. The van der Waals surface area contributed by atoms with Gasteiger partial charge in [0.25, 0.3) is 5.91 Å². The molecule has 8 nitrogen and oxygen atoms in total. The van der Waals surface area contributed by atoms with Gasteiger partial charge in [-0.1, -0.05) is 37.5 Å². The lowest BCUT2D eigenvalue weighted by atomic mass is 9.81. The van der Waals surface area contributed by atoms with Gasteiger partial charge >= 0.3 is 6.03 Å². The highest BCUT2D eigenvalue weighted by molar-refractivity contribution is 6.08. The molecule has 32 heavy (non-hydrogen) atoms. The largest absolute Gasteiger partial charge is 0.349 e. The van der Waals surface area contributed by atoms with E-state index in [1.165, 1.54) is 11.3 Å².